The van der Waals surface area contributed by atoms with Crippen molar-refractivity contribution in [2.75, 3.05) is 53.0 Å². The van der Waals surface area contributed by atoms with E-state index >= 15 is 0 Å². The van der Waals surface area contributed by atoms with Gasteiger partial charge in [-0.3, -0.25) is 9.69 Å². The van der Waals surface area contributed by atoms with Gasteiger partial charge in [0.05, 0.1) is 20.3 Å². The van der Waals surface area contributed by atoms with Crippen LogP contribution in [0.25, 0.3) is 6.08 Å². The van der Waals surface area contributed by atoms with Gasteiger partial charge < -0.3 is 14.4 Å². The van der Waals surface area contributed by atoms with Crippen LogP contribution in [0.4, 0.5) is 0 Å². The van der Waals surface area contributed by atoms with E-state index in [0.717, 1.165) is 70.1 Å². The second-order valence-corrected chi connectivity index (χ2v) is 6.79. The fourth-order valence-electron chi connectivity index (χ4n) is 3.50. The van der Waals surface area contributed by atoms with Crippen LogP contribution in [0.2, 0.25) is 0 Å². The summed E-state index contributed by atoms with van der Waals surface area (Å²) in [5.74, 6) is 1.61. The molecule has 1 aromatic carbocycles. The van der Waals surface area contributed by atoms with E-state index in [1.54, 1.807) is 13.2 Å². The Morgan fingerprint density at radius 3 is 2.72 bits per heavy atom. The third-order valence-electron chi connectivity index (χ3n) is 5.06. The molecule has 0 unspecified atom stereocenters. The zero-order valence-corrected chi connectivity index (χ0v) is 15.0. The SMILES string of the molecule is COc1cccc(/C=C/C(=O)N2CCC(CN3CCOCC3)CC2)c1. The van der Waals surface area contributed by atoms with Crippen molar-refractivity contribution >= 4 is 12.0 Å². The molecule has 0 aromatic heterocycles. The number of likely N-dealkylation sites (tertiary alicyclic amines) is 1. The Labute approximate surface area is 150 Å². The van der Waals surface area contributed by atoms with Gasteiger partial charge in [-0.1, -0.05) is 12.1 Å². The van der Waals surface area contributed by atoms with Gasteiger partial charge in [-0.05, 0) is 42.5 Å². The number of rotatable bonds is 5. The van der Waals surface area contributed by atoms with Crippen LogP contribution in [0, 0.1) is 5.92 Å². The van der Waals surface area contributed by atoms with Gasteiger partial charge in [0.2, 0.25) is 5.91 Å². The van der Waals surface area contributed by atoms with Crippen molar-refractivity contribution in [3.05, 3.63) is 35.9 Å². The minimum atomic E-state index is 0.104. The highest BCUT2D eigenvalue weighted by Crippen LogP contribution is 2.20. The number of ether oxygens (including phenoxy) is 2. The maximum absolute atomic E-state index is 12.4. The molecule has 2 heterocycles. The minimum Gasteiger partial charge on any atom is -0.497 e. The number of hydrogen-bond acceptors (Lipinski definition) is 4. The Hall–Kier alpha value is -1.85. The molecule has 0 saturated carbocycles. The molecule has 2 aliphatic rings. The van der Waals surface area contributed by atoms with Crippen LogP contribution >= 0.6 is 0 Å². The Bertz CT molecular complexity index is 588. The first-order valence-corrected chi connectivity index (χ1v) is 9.16. The molecule has 5 heteroatoms. The lowest BCUT2D eigenvalue weighted by molar-refractivity contribution is -0.127. The summed E-state index contributed by atoms with van der Waals surface area (Å²) in [5, 5.41) is 0. The zero-order chi connectivity index (χ0) is 17.5. The number of amides is 1. The topological polar surface area (TPSA) is 42.0 Å². The van der Waals surface area contributed by atoms with E-state index in [4.69, 9.17) is 9.47 Å². The predicted molar refractivity (Wildman–Crippen MR) is 98.6 cm³/mol. The smallest absolute Gasteiger partial charge is 0.246 e. The van der Waals surface area contributed by atoms with Crippen LogP contribution in [0.1, 0.15) is 18.4 Å². The molecule has 0 spiro atoms. The summed E-state index contributed by atoms with van der Waals surface area (Å²) in [5.41, 5.74) is 0.981. The molecule has 0 radical (unpaired) electrons. The van der Waals surface area contributed by atoms with Gasteiger partial charge in [0, 0.05) is 38.8 Å². The summed E-state index contributed by atoms with van der Waals surface area (Å²) in [6.07, 6.45) is 5.73. The molecule has 1 amide bonds. The average molecular weight is 344 g/mol. The Kier molecular flexibility index (Phi) is 6.48. The van der Waals surface area contributed by atoms with E-state index in [1.807, 2.05) is 35.2 Å². The molecule has 2 aliphatic heterocycles. The monoisotopic (exact) mass is 344 g/mol. The fraction of sp³-hybridized carbons (Fsp3) is 0.550. The number of piperidine rings is 1. The van der Waals surface area contributed by atoms with E-state index in [9.17, 15) is 4.79 Å². The van der Waals surface area contributed by atoms with Crippen molar-refractivity contribution in [2.45, 2.75) is 12.8 Å². The molecule has 136 valence electrons. The highest BCUT2D eigenvalue weighted by molar-refractivity contribution is 5.91. The summed E-state index contributed by atoms with van der Waals surface area (Å²) in [4.78, 5) is 16.9. The van der Waals surface area contributed by atoms with Gasteiger partial charge in [-0.2, -0.15) is 0 Å². The van der Waals surface area contributed by atoms with Crippen molar-refractivity contribution in [3.63, 3.8) is 0 Å². The molecule has 0 N–H and O–H groups in total. The number of carbonyl (C=O) groups is 1. The molecule has 1 aromatic rings. The Morgan fingerprint density at radius 2 is 2.00 bits per heavy atom. The van der Waals surface area contributed by atoms with Gasteiger partial charge in [0.25, 0.3) is 0 Å². The quantitative estimate of drug-likeness (QED) is 0.769. The van der Waals surface area contributed by atoms with Crippen molar-refractivity contribution in [3.8, 4) is 5.75 Å². The summed E-state index contributed by atoms with van der Waals surface area (Å²) in [6, 6.07) is 7.73. The first kappa shape index (κ1) is 18.0. The maximum Gasteiger partial charge on any atom is 0.246 e. The van der Waals surface area contributed by atoms with Crippen LogP contribution in [-0.4, -0.2) is 68.8 Å². The van der Waals surface area contributed by atoms with E-state index < -0.39 is 0 Å². The maximum atomic E-state index is 12.4. The largest absolute Gasteiger partial charge is 0.497 e. The molecule has 25 heavy (non-hydrogen) atoms. The summed E-state index contributed by atoms with van der Waals surface area (Å²) < 4.78 is 10.6. The number of methoxy groups -OCH3 is 1. The van der Waals surface area contributed by atoms with E-state index in [2.05, 4.69) is 4.90 Å². The number of hydrogen-bond donors (Lipinski definition) is 0. The van der Waals surface area contributed by atoms with E-state index in [-0.39, 0.29) is 5.91 Å². The Morgan fingerprint density at radius 1 is 1.24 bits per heavy atom. The van der Waals surface area contributed by atoms with Gasteiger partial charge in [0.15, 0.2) is 0 Å². The van der Waals surface area contributed by atoms with E-state index in [0.29, 0.717) is 5.92 Å². The molecule has 0 bridgehead atoms. The van der Waals surface area contributed by atoms with Crippen molar-refractivity contribution in [1.29, 1.82) is 0 Å². The summed E-state index contributed by atoms with van der Waals surface area (Å²) in [7, 11) is 1.65. The minimum absolute atomic E-state index is 0.104. The van der Waals surface area contributed by atoms with Crippen molar-refractivity contribution < 1.29 is 14.3 Å². The standard InChI is InChI=1S/C20H28N2O3/c1-24-19-4-2-3-17(15-19)5-6-20(23)22-9-7-18(8-10-22)16-21-11-13-25-14-12-21/h2-6,15,18H,7-14,16H2,1H3/b6-5+. The van der Waals surface area contributed by atoms with Gasteiger partial charge >= 0.3 is 0 Å². The second-order valence-electron chi connectivity index (χ2n) is 6.79. The first-order chi connectivity index (χ1) is 12.2. The third-order valence-corrected chi connectivity index (χ3v) is 5.06. The summed E-state index contributed by atoms with van der Waals surface area (Å²) >= 11 is 0. The lowest BCUT2D eigenvalue weighted by Gasteiger charge is -2.35. The van der Waals surface area contributed by atoms with Gasteiger partial charge in [-0.15, -0.1) is 0 Å². The summed E-state index contributed by atoms with van der Waals surface area (Å²) in [6.45, 7) is 6.65. The number of morpholine rings is 1. The van der Waals surface area contributed by atoms with Crippen molar-refractivity contribution in [1.82, 2.24) is 9.80 Å². The molecule has 0 atom stereocenters. The number of nitrogens with zero attached hydrogens (tertiary/aromatic N) is 2. The third kappa shape index (κ3) is 5.31. The van der Waals surface area contributed by atoms with Crippen LogP contribution in [0.5, 0.6) is 5.75 Å². The van der Waals surface area contributed by atoms with Crippen LogP contribution in [0.3, 0.4) is 0 Å². The molecule has 3 rings (SSSR count). The first-order valence-electron chi connectivity index (χ1n) is 9.16. The normalized spacial score (nSPS) is 20.1. The predicted octanol–water partition coefficient (Wildman–Crippen LogP) is 2.28. The Balaban J connectivity index is 1.45. The molecular formula is C20H28N2O3. The molecule has 0 aliphatic carbocycles. The lowest BCUT2D eigenvalue weighted by Crippen LogP contribution is -2.43. The van der Waals surface area contributed by atoms with Crippen LogP contribution in [-0.2, 0) is 9.53 Å². The fourth-order valence-corrected chi connectivity index (χ4v) is 3.50. The molecule has 5 nitrogen and oxygen atoms in total. The number of carbonyl (C=O) groups excluding carboxylic acids is 1. The van der Waals surface area contributed by atoms with Gasteiger partial charge in [0.1, 0.15) is 5.75 Å². The molecule has 2 saturated heterocycles. The lowest BCUT2D eigenvalue weighted by atomic mass is 9.96. The molecule has 2 fully saturated rings. The highest BCUT2D eigenvalue weighted by atomic mass is 16.5. The van der Waals surface area contributed by atoms with E-state index in [1.165, 1.54) is 0 Å². The highest BCUT2D eigenvalue weighted by Gasteiger charge is 2.23. The average Bonchev–Trinajstić information content (AvgIpc) is 2.67. The second kappa shape index (κ2) is 9.02. The zero-order valence-electron chi connectivity index (χ0n) is 15.0. The molecular weight excluding hydrogens is 316 g/mol. The van der Waals surface area contributed by atoms with Gasteiger partial charge in [-0.25, -0.2) is 0 Å². The van der Waals surface area contributed by atoms with Crippen LogP contribution in [0.15, 0.2) is 30.3 Å². The van der Waals surface area contributed by atoms with Crippen LogP contribution < -0.4 is 4.74 Å². The number of benzene rings is 1. The van der Waals surface area contributed by atoms with Crippen molar-refractivity contribution in [2.24, 2.45) is 5.92 Å².